The van der Waals surface area contributed by atoms with E-state index in [0.29, 0.717) is 5.56 Å². The Morgan fingerprint density at radius 2 is 2.00 bits per heavy atom. The lowest BCUT2D eigenvalue weighted by Crippen LogP contribution is -2.32. The van der Waals surface area contributed by atoms with Crippen LogP contribution < -0.4 is 0 Å². The largest absolute Gasteiger partial charge is 0.364 e. The number of halogens is 2. The number of hydrogen-bond acceptors (Lipinski definition) is 2. The van der Waals surface area contributed by atoms with Crippen molar-refractivity contribution in [3.05, 3.63) is 53.2 Å². The van der Waals surface area contributed by atoms with E-state index in [4.69, 9.17) is 0 Å². The quantitative estimate of drug-likeness (QED) is 0.684. The molecular weight excluding hydrogens is 344 g/mol. The van der Waals surface area contributed by atoms with Gasteiger partial charge in [0.05, 0.1) is 22.5 Å². The van der Waals surface area contributed by atoms with Crippen LogP contribution in [0.25, 0.3) is 16.6 Å². The highest BCUT2D eigenvalue weighted by Gasteiger charge is 2.31. The maximum Gasteiger partial charge on any atom is 0.263 e. The van der Waals surface area contributed by atoms with Gasteiger partial charge in [-0.2, -0.15) is 5.26 Å². The summed E-state index contributed by atoms with van der Waals surface area (Å²) in [4.78, 5) is 2.26. The predicted molar refractivity (Wildman–Crippen MR) is 103 cm³/mol. The second-order valence-electron chi connectivity index (χ2n) is 7.59. The first-order valence-electron chi connectivity index (χ1n) is 9.52. The summed E-state index contributed by atoms with van der Waals surface area (Å²) in [6.45, 7) is 5.04. The lowest BCUT2D eigenvalue weighted by Gasteiger charge is -2.36. The van der Waals surface area contributed by atoms with E-state index in [-0.39, 0.29) is 17.6 Å². The van der Waals surface area contributed by atoms with Gasteiger partial charge in [0.25, 0.3) is 6.43 Å². The minimum atomic E-state index is -2.52. The molecule has 3 nitrogen and oxygen atoms in total. The second kappa shape index (κ2) is 6.84. The normalized spacial score (nSPS) is 17.5. The summed E-state index contributed by atoms with van der Waals surface area (Å²) < 4.78 is 28.8. The smallest absolute Gasteiger partial charge is 0.263 e. The molecule has 0 amide bonds. The minimum Gasteiger partial charge on any atom is -0.364 e. The Hall–Kier alpha value is -2.61. The van der Waals surface area contributed by atoms with E-state index in [2.05, 4.69) is 35.5 Å². The van der Waals surface area contributed by atoms with Crippen LogP contribution in [0.3, 0.4) is 0 Å². The fraction of sp³-hybridized carbons (Fsp3) is 0.409. The Bertz CT molecular complexity index is 972. The van der Waals surface area contributed by atoms with Crippen molar-refractivity contribution < 1.29 is 8.78 Å². The molecular formula is C22H23F2N3. The van der Waals surface area contributed by atoms with Crippen LogP contribution in [-0.4, -0.2) is 22.1 Å². The van der Waals surface area contributed by atoms with Gasteiger partial charge in [0, 0.05) is 29.6 Å². The SMILES string of the molecule is CC(C)N1CC=CC=C1c1c(C#N)c2ccc(C(F)F)cc2n1C1CCC1. The topological polar surface area (TPSA) is 32.0 Å². The van der Waals surface area contributed by atoms with E-state index in [9.17, 15) is 14.0 Å². The highest BCUT2D eigenvalue weighted by molar-refractivity contribution is 5.93. The molecule has 140 valence electrons. The number of alkyl halides is 2. The fourth-order valence-corrected chi connectivity index (χ4v) is 4.08. The van der Waals surface area contributed by atoms with Crippen molar-refractivity contribution in [3.63, 3.8) is 0 Å². The van der Waals surface area contributed by atoms with Crippen LogP contribution in [0.4, 0.5) is 8.78 Å². The zero-order valence-electron chi connectivity index (χ0n) is 15.6. The Morgan fingerprint density at radius 1 is 1.22 bits per heavy atom. The third-order valence-corrected chi connectivity index (χ3v) is 5.70. The first-order valence-corrected chi connectivity index (χ1v) is 9.52. The first kappa shape index (κ1) is 17.8. The molecule has 0 spiro atoms. The van der Waals surface area contributed by atoms with Crippen LogP contribution in [0.5, 0.6) is 0 Å². The molecule has 1 fully saturated rings. The van der Waals surface area contributed by atoms with E-state index in [1.807, 2.05) is 12.2 Å². The molecule has 1 aromatic carbocycles. The molecule has 5 heteroatoms. The Labute approximate surface area is 158 Å². The molecule has 0 unspecified atom stereocenters. The van der Waals surface area contributed by atoms with E-state index in [1.54, 1.807) is 12.1 Å². The van der Waals surface area contributed by atoms with E-state index >= 15 is 0 Å². The Kier molecular flexibility index (Phi) is 4.51. The van der Waals surface area contributed by atoms with Crippen molar-refractivity contribution >= 4 is 16.6 Å². The summed E-state index contributed by atoms with van der Waals surface area (Å²) in [6.07, 6.45) is 6.81. The number of rotatable bonds is 4. The highest BCUT2D eigenvalue weighted by Crippen LogP contribution is 2.43. The zero-order chi connectivity index (χ0) is 19.1. The fourth-order valence-electron chi connectivity index (χ4n) is 4.08. The average Bonchev–Trinajstić information content (AvgIpc) is 2.93. The van der Waals surface area contributed by atoms with E-state index in [0.717, 1.165) is 48.1 Å². The van der Waals surface area contributed by atoms with E-state index < -0.39 is 6.43 Å². The Morgan fingerprint density at radius 3 is 2.59 bits per heavy atom. The summed E-state index contributed by atoms with van der Waals surface area (Å²) in [7, 11) is 0. The van der Waals surface area contributed by atoms with Gasteiger partial charge in [-0.15, -0.1) is 0 Å². The first-order chi connectivity index (χ1) is 13.0. The van der Waals surface area contributed by atoms with Crippen molar-refractivity contribution in [2.45, 2.75) is 51.6 Å². The standard InChI is InChI=1S/C22H23F2N3/c1-14(2)26-11-4-3-8-19(26)21-18(13-25)17-10-9-15(22(23)24)12-20(17)27(21)16-6-5-7-16/h3-4,8-10,12,14,16,22H,5-7,11H2,1-2H3. The number of fused-ring (bicyclic) bond motifs is 1. The molecule has 2 heterocycles. The van der Waals surface area contributed by atoms with Gasteiger partial charge >= 0.3 is 0 Å². The maximum absolute atomic E-state index is 13.3. The van der Waals surface area contributed by atoms with Gasteiger partial charge in [-0.25, -0.2) is 8.78 Å². The van der Waals surface area contributed by atoms with Crippen LogP contribution in [0, 0.1) is 11.3 Å². The van der Waals surface area contributed by atoms with Gasteiger partial charge in [-0.1, -0.05) is 24.3 Å². The third kappa shape index (κ3) is 2.84. The summed E-state index contributed by atoms with van der Waals surface area (Å²) in [5.74, 6) is 0. The van der Waals surface area contributed by atoms with Crippen LogP contribution >= 0.6 is 0 Å². The lowest BCUT2D eigenvalue weighted by atomic mass is 9.92. The van der Waals surface area contributed by atoms with Crippen LogP contribution in [0.1, 0.15) is 62.4 Å². The molecule has 0 saturated heterocycles. The number of nitrogens with zero attached hydrogens (tertiary/aromatic N) is 3. The molecule has 4 rings (SSSR count). The van der Waals surface area contributed by atoms with Gasteiger partial charge in [-0.3, -0.25) is 0 Å². The van der Waals surface area contributed by atoms with Crippen molar-refractivity contribution in [2.75, 3.05) is 6.54 Å². The molecule has 1 saturated carbocycles. The molecule has 2 aromatic rings. The van der Waals surface area contributed by atoms with Crippen molar-refractivity contribution in [2.24, 2.45) is 0 Å². The molecule has 0 N–H and O–H groups in total. The monoisotopic (exact) mass is 367 g/mol. The summed E-state index contributed by atoms with van der Waals surface area (Å²) in [6, 6.07) is 7.61. The van der Waals surface area contributed by atoms with Gasteiger partial charge in [0.15, 0.2) is 0 Å². The number of benzene rings is 1. The maximum atomic E-state index is 13.3. The molecule has 1 aromatic heterocycles. The van der Waals surface area contributed by atoms with Gasteiger partial charge in [0.2, 0.25) is 0 Å². The number of aromatic nitrogens is 1. The summed E-state index contributed by atoms with van der Waals surface area (Å²) in [5.41, 5.74) is 3.23. The van der Waals surface area contributed by atoms with Crippen molar-refractivity contribution in [1.29, 1.82) is 5.26 Å². The van der Waals surface area contributed by atoms with Crippen LogP contribution in [0.2, 0.25) is 0 Å². The zero-order valence-corrected chi connectivity index (χ0v) is 15.6. The van der Waals surface area contributed by atoms with Gasteiger partial charge in [-0.05, 0) is 45.3 Å². The van der Waals surface area contributed by atoms with E-state index in [1.165, 1.54) is 6.07 Å². The minimum absolute atomic E-state index is 0.00912. The molecule has 2 aliphatic rings. The summed E-state index contributed by atoms with van der Waals surface area (Å²) in [5, 5.41) is 10.7. The molecule has 27 heavy (non-hydrogen) atoms. The number of nitriles is 1. The van der Waals surface area contributed by atoms with Gasteiger partial charge in [0.1, 0.15) is 6.07 Å². The molecule has 1 aliphatic heterocycles. The van der Waals surface area contributed by atoms with Crippen LogP contribution in [0.15, 0.2) is 36.4 Å². The highest BCUT2D eigenvalue weighted by atomic mass is 19.3. The molecule has 0 atom stereocenters. The number of allylic oxidation sites excluding steroid dienone is 2. The van der Waals surface area contributed by atoms with Crippen LogP contribution in [-0.2, 0) is 0 Å². The average molecular weight is 367 g/mol. The van der Waals surface area contributed by atoms with Gasteiger partial charge < -0.3 is 9.47 Å². The number of hydrogen-bond donors (Lipinski definition) is 0. The molecule has 1 aliphatic carbocycles. The van der Waals surface area contributed by atoms with Crippen molar-refractivity contribution in [1.82, 2.24) is 9.47 Å². The third-order valence-electron chi connectivity index (χ3n) is 5.70. The predicted octanol–water partition coefficient (Wildman–Crippen LogP) is 5.80. The molecule has 0 bridgehead atoms. The molecule has 0 radical (unpaired) electrons. The lowest BCUT2D eigenvalue weighted by molar-refractivity contribution is 0.151. The summed E-state index contributed by atoms with van der Waals surface area (Å²) >= 11 is 0. The second-order valence-corrected chi connectivity index (χ2v) is 7.59. The Balaban J connectivity index is 2.02. The van der Waals surface area contributed by atoms with Crippen molar-refractivity contribution in [3.8, 4) is 6.07 Å².